The van der Waals surface area contributed by atoms with Crippen molar-refractivity contribution >= 4 is 23.4 Å². The van der Waals surface area contributed by atoms with Crippen molar-refractivity contribution in [3.05, 3.63) is 46.5 Å². The molecule has 0 radical (unpaired) electrons. The molecule has 0 aliphatic carbocycles. The van der Waals surface area contributed by atoms with E-state index >= 15 is 0 Å². The zero-order valence-electron chi connectivity index (χ0n) is 11.4. The number of aryl methyl sites for hydroxylation is 1. The van der Waals surface area contributed by atoms with E-state index in [4.69, 9.17) is 16.3 Å². The Morgan fingerprint density at radius 1 is 1.33 bits per heavy atom. The van der Waals surface area contributed by atoms with Crippen molar-refractivity contribution in [3.63, 3.8) is 0 Å². The number of nitrogens with zero attached hydrogens (tertiary/aromatic N) is 2. The Bertz CT molecular complexity index is 695. The molecule has 0 spiro atoms. The van der Waals surface area contributed by atoms with Gasteiger partial charge in [-0.3, -0.25) is 4.79 Å². The minimum absolute atomic E-state index is 0.0488. The minimum atomic E-state index is -0.721. The van der Waals surface area contributed by atoms with E-state index in [2.05, 4.69) is 5.10 Å². The summed E-state index contributed by atoms with van der Waals surface area (Å²) >= 11 is 6.14. The highest BCUT2D eigenvalue weighted by Gasteiger charge is 2.22. The maximum atomic E-state index is 12.9. The molecule has 110 valence electrons. The predicted molar refractivity (Wildman–Crippen MR) is 74.2 cm³/mol. The number of aromatic nitrogens is 2. The van der Waals surface area contributed by atoms with Crippen LogP contribution >= 0.6 is 11.6 Å². The quantitative estimate of drug-likeness (QED) is 0.815. The fraction of sp³-hybridized carbons (Fsp3) is 0.214. The highest BCUT2D eigenvalue weighted by molar-refractivity contribution is 6.33. The number of hydrogen-bond donors (Lipinski definition) is 0. The maximum absolute atomic E-state index is 12.9. The van der Waals surface area contributed by atoms with Gasteiger partial charge in [0.15, 0.2) is 5.78 Å². The molecule has 1 heterocycles. The normalized spacial score (nSPS) is 10.5. The number of benzene rings is 1. The molecule has 0 aliphatic rings. The Hall–Kier alpha value is -2.21. The van der Waals surface area contributed by atoms with Gasteiger partial charge in [0.1, 0.15) is 23.1 Å². The van der Waals surface area contributed by atoms with E-state index in [1.807, 2.05) is 0 Å². The second-order valence-electron chi connectivity index (χ2n) is 4.42. The zero-order valence-corrected chi connectivity index (χ0v) is 12.1. The molecule has 1 aromatic heterocycles. The minimum Gasteiger partial charge on any atom is -0.454 e. The third-order valence-electron chi connectivity index (χ3n) is 2.69. The number of carbonyl (C=O) groups is 2. The average Bonchev–Trinajstić information content (AvgIpc) is 2.72. The van der Waals surface area contributed by atoms with Crippen molar-refractivity contribution in [2.24, 2.45) is 0 Å². The van der Waals surface area contributed by atoms with Gasteiger partial charge < -0.3 is 4.74 Å². The molecule has 5 nitrogen and oxygen atoms in total. The number of hydrogen-bond acceptors (Lipinski definition) is 4. The first-order valence-corrected chi connectivity index (χ1v) is 6.45. The first-order valence-electron chi connectivity index (χ1n) is 6.07. The molecular formula is C14H12ClFN2O3. The molecule has 0 aliphatic heterocycles. The smallest absolute Gasteiger partial charge is 0.343 e. The van der Waals surface area contributed by atoms with Crippen molar-refractivity contribution in [1.29, 1.82) is 0 Å². The first-order chi connectivity index (χ1) is 9.90. The second-order valence-corrected chi connectivity index (χ2v) is 4.78. The van der Waals surface area contributed by atoms with Crippen LogP contribution in [0.3, 0.4) is 0 Å². The number of esters is 1. The van der Waals surface area contributed by atoms with Gasteiger partial charge in [-0.05, 0) is 38.1 Å². The van der Waals surface area contributed by atoms with Gasteiger partial charge in [0.05, 0.1) is 11.4 Å². The lowest BCUT2D eigenvalue weighted by atomic mass is 10.2. The van der Waals surface area contributed by atoms with E-state index in [0.29, 0.717) is 11.4 Å². The lowest BCUT2D eigenvalue weighted by molar-refractivity contribution is -0.120. The SMILES string of the molecule is CC(=O)COC(=O)c1c(C)nn(-c2ccc(F)cc2)c1Cl. The highest BCUT2D eigenvalue weighted by Crippen LogP contribution is 2.24. The van der Waals surface area contributed by atoms with Crippen LogP contribution in [0.15, 0.2) is 24.3 Å². The van der Waals surface area contributed by atoms with Gasteiger partial charge in [0.25, 0.3) is 0 Å². The van der Waals surface area contributed by atoms with Crippen LogP contribution in [-0.4, -0.2) is 28.1 Å². The van der Waals surface area contributed by atoms with Gasteiger partial charge in [-0.2, -0.15) is 5.10 Å². The van der Waals surface area contributed by atoms with E-state index in [1.54, 1.807) is 6.92 Å². The predicted octanol–water partition coefficient (Wildman–Crippen LogP) is 2.72. The van der Waals surface area contributed by atoms with Crippen LogP contribution in [-0.2, 0) is 9.53 Å². The summed E-state index contributed by atoms with van der Waals surface area (Å²) in [5.41, 5.74) is 0.954. The first kappa shape index (κ1) is 15.2. The van der Waals surface area contributed by atoms with Crippen molar-refractivity contribution in [2.75, 3.05) is 6.61 Å². The third kappa shape index (κ3) is 3.28. The largest absolute Gasteiger partial charge is 0.454 e. The third-order valence-corrected chi connectivity index (χ3v) is 3.03. The Morgan fingerprint density at radius 3 is 2.52 bits per heavy atom. The summed E-state index contributed by atoms with van der Waals surface area (Å²) in [6.07, 6.45) is 0. The maximum Gasteiger partial charge on any atom is 0.343 e. The zero-order chi connectivity index (χ0) is 15.6. The molecule has 0 fully saturated rings. The Balaban J connectivity index is 2.35. The van der Waals surface area contributed by atoms with E-state index in [0.717, 1.165) is 0 Å². The van der Waals surface area contributed by atoms with Gasteiger partial charge in [-0.15, -0.1) is 0 Å². The van der Waals surface area contributed by atoms with Gasteiger partial charge in [-0.25, -0.2) is 13.9 Å². The number of Topliss-reactive ketones (excluding diaryl/α,β-unsaturated/α-hetero) is 1. The molecule has 2 aromatic rings. The molecule has 0 unspecified atom stereocenters. The summed E-state index contributed by atoms with van der Waals surface area (Å²) in [6.45, 7) is 2.58. The van der Waals surface area contributed by atoms with Gasteiger partial charge in [0, 0.05) is 0 Å². The van der Waals surface area contributed by atoms with E-state index in [1.165, 1.54) is 35.9 Å². The van der Waals surface area contributed by atoms with Crippen LogP contribution in [0.25, 0.3) is 5.69 Å². The van der Waals surface area contributed by atoms with Crippen LogP contribution in [0.2, 0.25) is 5.15 Å². The van der Waals surface area contributed by atoms with E-state index in [-0.39, 0.29) is 28.9 Å². The summed E-state index contributed by atoms with van der Waals surface area (Å²) in [6, 6.07) is 5.49. The summed E-state index contributed by atoms with van der Waals surface area (Å²) in [7, 11) is 0. The second kappa shape index (κ2) is 6.05. The highest BCUT2D eigenvalue weighted by atomic mass is 35.5. The molecule has 0 saturated carbocycles. The van der Waals surface area contributed by atoms with Crippen molar-refractivity contribution in [2.45, 2.75) is 13.8 Å². The van der Waals surface area contributed by atoms with E-state index < -0.39 is 5.97 Å². The summed E-state index contributed by atoms with van der Waals surface area (Å²) in [5, 5.41) is 4.18. The number of ether oxygens (including phenoxy) is 1. The molecule has 21 heavy (non-hydrogen) atoms. The molecule has 0 N–H and O–H groups in total. The fourth-order valence-electron chi connectivity index (χ4n) is 1.72. The molecule has 7 heteroatoms. The van der Waals surface area contributed by atoms with Crippen LogP contribution in [0.5, 0.6) is 0 Å². The van der Waals surface area contributed by atoms with Crippen LogP contribution in [0.1, 0.15) is 23.0 Å². The van der Waals surface area contributed by atoms with Gasteiger partial charge in [-0.1, -0.05) is 11.6 Å². The van der Waals surface area contributed by atoms with Gasteiger partial charge in [0.2, 0.25) is 0 Å². The number of rotatable bonds is 4. The standard InChI is InChI=1S/C14H12ClFN2O3/c1-8(19)7-21-14(20)12-9(2)17-18(13(12)15)11-5-3-10(16)4-6-11/h3-6H,7H2,1-2H3. The summed E-state index contributed by atoms with van der Waals surface area (Å²) in [5.74, 6) is -1.39. The molecule has 2 rings (SSSR count). The van der Waals surface area contributed by atoms with Crippen LogP contribution in [0, 0.1) is 12.7 Å². The molecular weight excluding hydrogens is 299 g/mol. The number of carbonyl (C=O) groups excluding carboxylic acids is 2. The van der Waals surface area contributed by atoms with Gasteiger partial charge >= 0.3 is 5.97 Å². The summed E-state index contributed by atoms with van der Waals surface area (Å²) < 4.78 is 19.1. The van der Waals surface area contributed by atoms with Crippen molar-refractivity contribution < 1.29 is 18.7 Å². The summed E-state index contributed by atoms with van der Waals surface area (Å²) in [4.78, 5) is 22.8. The average molecular weight is 311 g/mol. The molecule has 0 amide bonds. The van der Waals surface area contributed by atoms with Crippen molar-refractivity contribution in [3.8, 4) is 5.69 Å². The number of ketones is 1. The van der Waals surface area contributed by atoms with Crippen LogP contribution < -0.4 is 0 Å². The molecule has 0 bridgehead atoms. The van der Waals surface area contributed by atoms with Crippen LogP contribution in [0.4, 0.5) is 4.39 Å². The Labute approximate surface area is 125 Å². The lowest BCUT2D eigenvalue weighted by Crippen LogP contribution is -2.12. The lowest BCUT2D eigenvalue weighted by Gasteiger charge is -2.04. The topological polar surface area (TPSA) is 61.2 Å². The molecule has 0 saturated heterocycles. The Kier molecular flexibility index (Phi) is 4.37. The molecule has 1 aromatic carbocycles. The van der Waals surface area contributed by atoms with Crippen molar-refractivity contribution in [1.82, 2.24) is 9.78 Å². The Morgan fingerprint density at radius 2 is 1.95 bits per heavy atom. The fourth-order valence-corrected chi connectivity index (χ4v) is 2.07. The molecule has 0 atom stereocenters. The number of halogens is 2. The monoisotopic (exact) mass is 310 g/mol. The van der Waals surface area contributed by atoms with E-state index in [9.17, 15) is 14.0 Å².